The van der Waals surface area contributed by atoms with Crippen LogP contribution in [0.2, 0.25) is 0 Å². The number of benzene rings is 1. The number of methoxy groups -OCH3 is 1. The molecule has 0 unspecified atom stereocenters. The topological polar surface area (TPSA) is 90.9 Å². The Morgan fingerprint density at radius 2 is 1.92 bits per heavy atom. The smallest absolute Gasteiger partial charge is 0.308 e. The SMILES string of the molecule is C=CCc1cc(OC)c(OC(C)=O)c(C(=O)NCCOC(C)=O)c1. The quantitative estimate of drug-likeness (QED) is 0.336. The maximum atomic E-state index is 12.4. The first-order valence-electron chi connectivity index (χ1n) is 7.30. The van der Waals surface area contributed by atoms with E-state index in [1.54, 1.807) is 18.2 Å². The Hall–Kier alpha value is -2.83. The van der Waals surface area contributed by atoms with Crippen molar-refractivity contribution in [2.24, 2.45) is 0 Å². The molecule has 24 heavy (non-hydrogen) atoms. The van der Waals surface area contributed by atoms with Crippen LogP contribution < -0.4 is 14.8 Å². The van der Waals surface area contributed by atoms with Gasteiger partial charge in [-0.3, -0.25) is 14.4 Å². The fourth-order valence-electron chi connectivity index (χ4n) is 1.97. The van der Waals surface area contributed by atoms with E-state index in [4.69, 9.17) is 14.2 Å². The van der Waals surface area contributed by atoms with E-state index in [0.717, 1.165) is 5.56 Å². The molecule has 0 radical (unpaired) electrons. The second kappa shape index (κ2) is 9.34. The van der Waals surface area contributed by atoms with Crippen LogP contribution in [0.3, 0.4) is 0 Å². The summed E-state index contributed by atoms with van der Waals surface area (Å²) < 4.78 is 15.1. The van der Waals surface area contributed by atoms with Crippen molar-refractivity contribution in [1.82, 2.24) is 5.32 Å². The average Bonchev–Trinajstić information content (AvgIpc) is 2.52. The molecular weight excluding hydrogens is 314 g/mol. The summed E-state index contributed by atoms with van der Waals surface area (Å²) in [7, 11) is 1.42. The summed E-state index contributed by atoms with van der Waals surface area (Å²) in [4.78, 5) is 34.4. The summed E-state index contributed by atoms with van der Waals surface area (Å²) in [5, 5.41) is 2.60. The van der Waals surface area contributed by atoms with E-state index >= 15 is 0 Å². The van der Waals surface area contributed by atoms with E-state index < -0.39 is 17.8 Å². The Labute approximate surface area is 140 Å². The maximum absolute atomic E-state index is 12.4. The van der Waals surface area contributed by atoms with Crippen molar-refractivity contribution in [2.45, 2.75) is 20.3 Å². The molecule has 1 rings (SSSR count). The van der Waals surface area contributed by atoms with Crippen LogP contribution in [-0.2, 0) is 20.7 Å². The van der Waals surface area contributed by atoms with Crippen LogP contribution in [0.4, 0.5) is 0 Å². The first-order valence-corrected chi connectivity index (χ1v) is 7.30. The predicted molar refractivity (Wildman–Crippen MR) is 87.2 cm³/mol. The van der Waals surface area contributed by atoms with Crippen molar-refractivity contribution in [3.8, 4) is 11.5 Å². The monoisotopic (exact) mass is 335 g/mol. The van der Waals surface area contributed by atoms with Gasteiger partial charge >= 0.3 is 11.9 Å². The van der Waals surface area contributed by atoms with E-state index in [1.807, 2.05) is 0 Å². The molecule has 7 heteroatoms. The van der Waals surface area contributed by atoms with Gasteiger partial charge in [-0.25, -0.2) is 0 Å². The minimum Gasteiger partial charge on any atom is -0.493 e. The number of ether oxygens (including phenoxy) is 3. The normalized spacial score (nSPS) is 9.79. The van der Waals surface area contributed by atoms with Crippen molar-refractivity contribution in [2.75, 3.05) is 20.3 Å². The Kier molecular flexibility index (Phi) is 7.48. The molecule has 1 aromatic rings. The van der Waals surface area contributed by atoms with Gasteiger partial charge in [0.05, 0.1) is 19.2 Å². The number of rotatable bonds is 8. The zero-order valence-corrected chi connectivity index (χ0v) is 14.0. The zero-order valence-electron chi connectivity index (χ0n) is 14.0. The van der Waals surface area contributed by atoms with Gasteiger partial charge in [0.15, 0.2) is 11.5 Å². The van der Waals surface area contributed by atoms with Crippen LogP contribution in [0.25, 0.3) is 0 Å². The molecule has 0 fully saturated rings. The molecular formula is C17H21NO6. The standard InChI is InChI=1S/C17H21NO6/c1-5-6-13-9-14(17(21)18-7-8-23-11(2)19)16(24-12(3)20)15(10-13)22-4/h5,9-10H,1,6-8H2,2-4H3,(H,18,21). The average molecular weight is 335 g/mol. The second-order valence-corrected chi connectivity index (χ2v) is 4.86. The summed E-state index contributed by atoms with van der Waals surface area (Å²) in [5.41, 5.74) is 0.937. The van der Waals surface area contributed by atoms with Crippen molar-refractivity contribution in [1.29, 1.82) is 0 Å². The Balaban J connectivity index is 3.08. The van der Waals surface area contributed by atoms with E-state index in [-0.39, 0.29) is 30.2 Å². The number of nitrogens with one attached hydrogen (secondary N) is 1. The highest BCUT2D eigenvalue weighted by Gasteiger charge is 2.20. The van der Waals surface area contributed by atoms with Gasteiger partial charge in [0.2, 0.25) is 0 Å². The molecule has 130 valence electrons. The Bertz CT molecular complexity index is 638. The molecule has 0 heterocycles. The van der Waals surface area contributed by atoms with E-state index in [9.17, 15) is 14.4 Å². The minimum atomic E-state index is -0.571. The molecule has 7 nitrogen and oxygen atoms in total. The number of hydrogen-bond donors (Lipinski definition) is 1. The number of amides is 1. The third kappa shape index (κ3) is 5.75. The molecule has 0 bridgehead atoms. The molecule has 0 saturated heterocycles. The molecule has 1 N–H and O–H groups in total. The lowest BCUT2D eigenvalue weighted by molar-refractivity contribution is -0.140. The third-order valence-corrected chi connectivity index (χ3v) is 2.90. The molecule has 1 aromatic carbocycles. The highest BCUT2D eigenvalue weighted by atomic mass is 16.6. The number of carbonyl (C=O) groups excluding carboxylic acids is 3. The van der Waals surface area contributed by atoms with Crippen molar-refractivity contribution < 1.29 is 28.6 Å². The third-order valence-electron chi connectivity index (χ3n) is 2.90. The highest BCUT2D eigenvalue weighted by Crippen LogP contribution is 2.33. The van der Waals surface area contributed by atoms with Crippen LogP contribution in [0.1, 0.15) is 29.8 Å². The molecule has 0 aliphatic heterocycles. The molecule has 1 amide bonds. The summed E-state index contributed by atoms with van der Waals surface area (Å²) in [6.07, 6.45) is 2.20. The Morgan fingerprint density at radius 3 is 2.46 bits per heavy atom. The molecule has 0 aliphatic carbocycles. The molecule has 0 saturated carbocycles. The Morgan fingerprint density at radius 1 is 1.21 bits per heavy atom. The van der Waals surface area contributed by atoms with Gasteiger partial charge in [-0.1, -0.05) is 6.08 Å². The van der Waals surface area contributed by atoms with Gasteiger partial charge < -0.3 is 19.5 Å². The van der Waals surface area contributed by atoms with Crippen LogP contribution in [-0.4, -0.2) is 38.1 Å². The van der Waals surface area contributed by atoms with Gasteiger partial charge in [-0.2, -0.15) is 0 Å². The molecule has 0 atom stereocenters. The van der Waals surface area contributed by atoms with Gasteiger partial charge in [0, 0.05) is 13.8 Å². The van der Waals surface area contributed by atoms with Gasteiger partial charge in [0.25, 0.3) is 5.91 Å². The summed E-state index contributed by atoms with van der Waals surface area (Å²) in [5.74, 6) is -1.15. The largest absolute Gasteiger partial charge is 0.493 e. The van der Waals surface area contributed by atoms with Crippen LogP contribution in [0, 0.1) is 0 Å². The summed E-state index contributed by atoms with van der Waals surface area (Å²) in [6.45, 7) is 6.36. The summed E-state index contributed by atoms with van der Waals surface area (Å²) >= 11 is 0. The first kappa shape index (κ1) is 19.2. The highest BCUT2D eigenvalue weighted by molar-refractivity contribution is 5.98. The van der Waals surface area contributed by atoms with E-state index in [0.29, 0.717) is 6.42 Å². The molecule has 0 spiro atoms. The van der Waals surface area contributed by atoms with Crippen LogP contribution in [0.5, 0.6) is 11.5 Å². The fraction of sp³-hybridized carbons (Fsp3) is 0.353. The van der Waals surface area contributed by atoms with Crippen molar-refractivity contribution >= 4 is 17.8 Å². The number of carbonyl (C=O) groups is 3. The lowest BCUT2D eigenvalue weighted by Gasteiger charge is -2.15. The van der Waals surface area contributed by atoms with Crippen LogP contribution in [0.15, 0.2) is 24.8 Å². The van der Waals surface area contributed by atoms with Crippen molar-refractivity contribution in [3.05, 3.63) is 35.9 Å². The van der Waals surface area contributed by atoms with Crippen LogP contribution >= 0.6 is 0 Å². The van der Waals surface area contributed by atoms with Crippen molar-refractivity contribution in [3.63, 3.8) is 0 Å². The molecule has 0 aromatic heterocycles. The maximum Gasteiger partial charge on any atom is 0.308 e. The fourth-order valence-corrected chi connectivity index (χ4v) is 1.97. The zero-order chi connectivity index (χ0) is 18.1. The van der Waals surface area contributed by atoms with Gasteiger partial charge in [-0.15, -0.1) is 6.58 Å². The number of esters is 2. The lowest BCUT2D eigenvalue weighted by Crippen LogP contribution is -2.28. The molecule has 0 aliphatic rings. The lowest BCUT2D eigenvalue weighted by atomic mass is 10.1. The second-order valence-electron chi connectivity index (χ2n) is 4.86. The van der Waals surface area contributed by atoms with E-state index in [1.165, 1.54) is 21.0 Å². The minimum absolute atomic E-state index is 0.0443. The number of hydrogen-bond acceptors (Lipinski definition) is 6. The summed E-state index contributed by atoms with van der Waals surface area (Å²) in [6, 6.07) is 3.28. The predicted octanol–water partition coefficient (Wildman–Crippen LogP) is 1.64. The number of allylic oxidation sites excluding steroid dienone is 1. The first-order chi connectivity index (χ1) is 11.4. The van der Waals surface area contributed by atoms with Gasteiger partial charge in [0.1, 0.15) is 6.61 Å². The van der Waals surface area contributed by atoms with E-state index in [2.05, 4.69) is 11.9 Å². The van der Waals surface area contributed by atoms with Gasteiger partial charge in [-0.05, 0) is 24.1 Å².